The highest BCUT2D eigenvalue weighted by Gasteiger charge is 2.35. The van der Waals surface area contributed by atoms with Crippen LogP contribution in [0, 0.1) is 6.92 Å². The molecule has 5 rings (SSSR count). The minimum absolute atomic E-state index is 0.000992. The van der Waals surface area contributed by atoms with Crippen molar-refractivity contribution >= 4 is 22.6 Å². The molecule has 1 aliphatic heterocycles. The predicted octanol–water partition coefficient (Wildman–Crippen LogP) is 6.33. The minimum atomic E-state index is -4.52. The van der Waals surface area contributed by atoms with Gasteiger partial charge in [0.25, 0.3) is 0 Å². The van der Waals surface area contributed by atoms with E-state index in [2.05, 4.69) is 20.2 Å². The number of amides is 1. The van der Waals surface area contributed by atoms with Gasteiger partial charge in [0, 0.05) is 17.8 Å². The zero-order valence-electron chi connectivity index (χ0n) is 20.0. The molecular formula is C28H27F3N4O. The molecule has 5 nitrogen and oxygen atoms in total. The molecule has 186 valence electrons. The number of carbonyl (C=O) groups excluding carboxylic acids is 1. The van der Waals surface area contributed by atoms with Gasteiger partial charge in [0.2, 0.25) is 5.91 Å². The second-order valence-corrected chi connectivity index (χ2v) is 9.35. The van der Waals surface area contributed by atoms with Crippen LogP contribution in [-0.2, 0) is 23.9 Å². The molecule has 1 aromatic heterocycles. The minimum Gasteiger partial charge on any atom is -0.338 e. The van der Waals surface area contributed by atoms with Crippen molar-refractivity contribution < 1.29 is 18.0 Å². The number of hydrogen-bond acceptors (Lipinski definition) is 3. The van der Waals surface area contributed by atoms with Gasteiger partial charge in [0.1, 0.15) is 5.82 Å². The van der Waals surface area contributed by atoms with Crippen LogP contribution in [0.4, 0.5) is 18.9 Å². The molecule has 0 radical (unpaired) electrons. The highest BCUT2D eigenvalue weighted by atomic mass is 19.4. The van der Waals surface area contributed by atoms with Gasteiger partial charge in [-0.3, -0.25) is 9.69 Å². The summed E-state index contributed by atoms with van der Waals surface area (Å²) in [5, 5.41) is 2.86. The third-order valence-corrected chi connectivity index (χ3v) is 6.53. The van der Waals surface area contributed by atoms with Gasteiger partial charge in [-0.15, -0.1) is 0 Å². The van der Waals surface area contributed by atoms with Crippen molar-refractivity contribution in [2.24, 2.45) is 0 Å². The molecule has 0 aliphatic carbocycles. The highest BCUT2D eigenvalue weighted by molar-refractivity contribution is 5.95. The summed E-state index contributed by atoms with van der Waals surface area (Å²) in [5.41, 5.74) is 3.40. The van der Waals surface area contributed by atoms with Crippen LogP contribution in [0.3, 0.4) is 0 Å². The van der Waals surface area contributed by atoms with Crippen LogP contribution >= 0.6 is 0 Å². The molecule has 0 atom stereocenters. The number of rotatable bonds is 6. The molecule has 8 heteroatoms. The Hall–Kier alpha value is -3.65. The van der Waals surface area contributed by atoms with Gasteiger partial charge in [-0.05, 0) is 68.2 Å². The van der Waals surface area contributed by atoms with Gasteiger partial charge in [-0.2, -0.15) is 13.2 Å². The Kier molecular flexibility index (Phi) is 6.53. The summed E-state index contributed by atoms with van der Waals surface area (Å²) in [5.74, 6) is -0.0883. The fourth-order valence-electron chi connectivity index (χ4n) is 4.71. The topological polar surface area (TPSA) is 61.0 Å². The van der Waals surface area contributed by atoms with Gasteiger partial charge >= 0.3 is 6.18 Å². The Labute approximate surface area is 207 Å². The molecule has 1 saturated heterocycles. The summed E-state index contributed by atoms with van der Waals surface area (Å²) < 4.78 is 42.2. The summed E-state index contributed by atoms with van der Waals surface area (Å²) in [6, 6.07) is 17.2. The molecule has 4 aromatic rings. The van der Waals surface area contributed by atoms with E-state index >= 15 is 0 Å². The molecule has 1 aliphatic rings. The van der Waals surface area contributed by atoms with Gasteiger partial charge in [-0.25, -0.2) is 4.98 Å². The maximum atomic E-state index is 14.1. The number of imidazole rings is 1. The number of H-pyrrole nitrogens is 1. The molecule has 0 unspecified atom stereocenters. The lowest BCUT2D eigenvalue weighted by Gasteiger charge is -2.17. The first-order chi connectivity index (χ1) is 17.3. The third kappa shape index (κ3) is 5.28. The maximum Gasteiger partial charge on any atom is 0.417 e. The fourth-order valence-corrected chi connectivity index (χ4v) is 4.71. The zero-order valence-corrected chi connectivity index (χ0v) is 20.0. The smallest absolute Gasteiger partial charge is 0.338 e. The molecule has 0 saturated carbocycles. The van der Waals surface area contributed by atoms with E-state index < -0.39 is 11.7 Å². The first-order valence-corrected chi connectivity index (χ1v) is 12.0. The maximum absolute atomic E-state index is 14.1. The van der Waals surface area contributed by atoms with E-state index in [0.717, 1.165) is 31.5 Å². The van der Waals surface area contributed by atoms with Crippen LogP contribution in [0.1, 0.15) is 35.1 Å². The normalized spacial score (nSPS) is 14.4. The van der Waals surface area contributed by atoms with Crippen LogP contribution < -0.4 is 5.32 Å². The Bertz CT molecular complexity index is 1390. The number of hydrogen-bond donors (Lipinski definition) is 2. The SMILES string of the molecule is Cc1ccc(NC(=O)Cc2cccc3[nH]c(-c4ccc(CN5CCCC5)cc4C(F)(F)F)nc23)cc1. The molecule has 0 spiro atoms. The van der Waals surface area contributed by atoms with Gasteiger partial charge in [-0.1, -0.05) is 42.0 Å². The number of likely N-dealkylation sites (tertiary alicyclic amines) is 1. The lowest BCUT2D eigenvalue weighted by Crippen LogP contribution is -2.19. The van der Waals surface area contributed by atoms with Crippen LogP contribution in [-0.4, -0.2) is 33.9 Å². The summed E-state index contributed by atoms with van der Waals surface area (Å²) >= 11 is 0. The second-order valence-electron chi connectivity index (χ2n) is 9.35. The van der Waals surface area contributed by atoms with E-state index in [9.17, 15) is 18.0 Å². The number of aromatic nitrogens is 2. The van der Waals surface area contributed by atoms with Crippen LogP contribution in [0.25, 0.3) is 22.4 Å². The number of halogens is 3. The van der Waals surface area contributed by atoms with Crippen molar-refractivity contribution in [1.82, 2.24) is 14.9 Å². The van der Waals surface area contributed by atoms with Gasteiger partial charge < -0.3 is 10.3 Å². The molecular weight excluding hydrogens is 465 g/mol. The number of fused-ring (bicyclic) bond motifs is 1. The number of aryl methyl sites for hydroxylation is 1. The highest BCUT2D eigenvalue weighted by Crippen LogP contribution is 2.38. The number of benzene rings is 3. The van der Waals surface area contributed by atoms with E-state index in [4.69, 9.17) is 0 Å². The zero-order chi connectivity index (χ0) is 25.3. The fraction of sp³-hybridized carbons (Fsp3) is 0.286. The van der Waals surface area contributed by atoms with E-state index in [0.29, 0.717) is 34.4 Å². The second kappa shape index (κ2) is 9.78. The van der Waals surface area contributed by atoms with Crippen LogP contribution in [0.2, 0.25) is 0 Å². The number of alkyl halides is 3. The molecule has 2 N–H and O–H groups in total. The molecule has 2 heterocycles. The van der Waals surface area contributed by atoms with Gasteiger partial charge in [0.15, 0.2) is 0 Å². The first-order valence-electron chi connectivity index (χ1n) is 12.0. The number of carbonyl (C=O) groups is 1. The van der Waals surface area contributed by atoms with E-state index in [1.165, 1.54) is 12.1 Å². The number of nitrogens with zero attached hydrogens (tertiary/aromatic N) is 2. The van der Waals surface area contributed by atoms with Crippen molar-refractivity contribution in [3.05, 3.63) is 82.9 Å². The first kappa shape index (κ1) is 24.1. The van der Waals surface area contributed by atoms with Crippen molar-refractivity contribution in [2.75, 3.05) is 18.4 Å². The van der Waals surface area contributed by atoms with E-state index in [-0.39, 0.29) is 23.7 Å². The largest absolute Gasteiger partial charge is 0.417 e. The summed E-state index contributed by atoms with van der Waals surface area (Å²) in [6.07, 6.45) is -2.31. The Morgan fingerprint density at radius 1 is 1.06 bits per heavy atom. The third-order valence-electron chi connectivity index (χ3n) is 6.53. The number of nitrogens with one attached hydrogen (secondary N) is 2. The van der Waals surface area contributed by atoms with Crippen LogP contribution in [0.5, 0.6) is 0 Å². The lowest BCUT2D eigenvalue weighted by atomic mass is 10.0. The van der Waals surface area contributed by atoms with E-state index in [1.807, 2.05) is 31.2 Å². The lowest BCUT2D eigenvalue weighted by molar-refractivity contribution is -0.137. The number of aromatic amines is 1. The van der Waals surface area contributed by atoms with Crippen LogP contribution in [0.15, 0.2) is 60.7 Å². The Balaban J connectivity index is 1.43. The molecule has 1 amide bonds. The Morgan fingerprint density at radius 3 is 2.53 bits per heavy atom. The predicted molar refractivity (Wildman–Crippen MR) is 135 cm³/mol. The van der Waals surface area contributed by atoms with E-state index in [1.54, 1.807) is 24.3 Å². The molecule has 3 aromatic carbocycles. The summed E-state index contributed by atoms with van der Waals surface area (Å²) in [7, 11) is 0. The molecule has 1 fully saturated rings. The van der Waals surface area contributed by atoms with Crippen molar-refractivity contribution in [3.8, 4) is 11.4 Å². The monoisotopic (exact) mass is 492 g/mol. The standard InChI is InChI=1S/C28H27F3N4O/c1-18-7-10-21(11-8-18)32-25(36)16-20-5-4-6-24-26(20)34-27(33-24)22-12-9-19(15-23(22)28(29,30)31)17-35-13-2-3-14-35/h4-12,15H,2-3,13-14,16-17H2,1H3,(H,32,36)(H,33,34). The average Bonchev–Trinajstić information content (AvgIpc) is 3.50. The molecule has 0 bridgehead atoms. The number of para-hydroxylation sites is 1. The number of anilines is 1. The average molecular weight is 493 g/mol. The summed E-state index contributed by atoms with van der Waals surface area (Å²) in [6.45, 7) is 4.29. The van der Waals surface area contributed by atoms with Crippen molar-refractivity contribution in [3.63, 3.8) is 0 Å². The Morgan fingerprint density at radius 2 is 1.81 bits per heavy atom. The molecule has 36 heavy (non-hydrogen) atoms. The van der Waals surface area contributed by atoms with Gasteiger partial charge in [0.05, 0.1) is 23.0 Å². The van der Waals surface area contributed by atoms with Crippen molar-refractivity contribution in [1.29, 1.82) is 0 Å². The quantitative estimate of drug-likeness (QED) is 0.331. The van der Waals surface area contributed by atoms with Crippen molar-refractivity contribution in [2.45, 2.75) is 38.9 Å². The summed E-state index contributed by atoms with van der Waals surface area (Å²) in [4.78, 5) is 22.4.